The van der Waals surface area contributed by atoms with Crippen molar-refractivity contribution in [2.75, 3.05) is 13.2 Å². The van der Waals surface area contributed by atoms with E-state index in [1.807, 2.05) is 0 Å². The summed E-state index contributed by atoms with van der Waals surface area (Å²) in [6.45, 7) is 6.20. The summed E-state index contributed by atoms with van der Waals surface area (Å²) >= 11 is 0. The van der Waals surface area contributed by atoms with Gasteiger partial charge in [0.15, 0.2) is 0 Å². The average Bonchev–Trinajstić information content (AvgIpc) is 2.28. The van der Waals surface area contributed by atoms with Crippen molar-refractivity contribution in [3.8, 4) is 5.75 Å². The first kappa shape index (κ1) is 12.4. The zero-order valence-corrected chi connectivity index (χ0v) is 10.9. The largest absolute Gasteiger partial charge is 0.493 e. The van der Waals surface area contributed by atoms with Gasteiger partial charge in [-0.3, -0.25) is 0 Å². The van der Waals surface area contributed by atoms with Gasteiger partial charge in [-0.2, -0.15) is 0 Å². The molecule has 0 aromatic heterocycles. The molecule has 1 fully saturated rings. The lowest BCUT2D eigenvalue weighted by atomic mass is 9.86. The minimum absolute atomic E-state index is 0.396. The Morgan fingerprint density at radius 2 is 2.24 bits per heavy atom. The zero-order chi connectivity index (χ0) is 12.1. The van der Waals surface area contributed by atoms with Crippen LogP contribution in [0.1, 0.15) is 44.7 Å². The minimum atomic E-state index is 0.396. The van der Waals surface area contributed by atoms with E-state index in [1.54, 1.807) is 0 Å². The molecule has 0 amide bonds. The zero-order valence-electron chi connectivity index (χ0n) is 10.9. The third-order valence-corrected chi connectivity index (χ3v) is 3.58. The van der Waals surface area contributed by atoms with Crippen molar-refractivity contribution >= 4 is 0 Å². The van der Waals surface area contributed by atoms with Gasteiger partial charge in [-0.1, -0.05) is 25.5 Å². The molecular weight excluding hydrogens is 210 g/mol. The van der Waals surface area contributed by atoms with Crippen molar-refractivity contribution in [2.45, 2.75) is 39.2 Å². The highest BCUT2D eigenvalue weighted by Gasteiger charge is 2.17. The number of nitrogens with one attached hydrogen (secondary N) is 1. The molecule has 1 N–H and O–H groups in total. The average molecular weight is 233 g/mol. The van der Waals surface area contributed by atoms with Crippen molar-refractivity contribution in [3.05, 3.63) is 29.8 Å². The van der Waals surface area contributed by atoms with E-state index in [0.29, 0.717) is 6.04 Å². The molecular formula is C15H23NO. The van der Waals surface area contributed by atoms with Crippen LogP contribution in [0.25, 0.3) is 0 Å². The van der Waals surface area contributed by atoms with E-state index in [0.717, 1.165) is 24.8 Å². The molecule has 17 heavy (non-hydrogen) atoms. The smallest absolute Gasteiger partial charge is 0.119 e. The topological polar surface area (TPSA) is 21.3 Å². The van der Waals surface area contributed by atoms with Crippen LogP contribution in [0.3, 0.4) is 0 Å². The van der Waals surface area contributed by atoms with Crippen LogP contribution in [0, 0.1) is 5.92 Å². The van der Waals surface area contributed by atoms with Gasteiger partial charge in [0, 0.05) is 6.04 Å². The molecule has 1 aliphatic rings. The van der Waals surface area contributed by atoms with Gasteiger partial charge in [0.2, 0.25) is 0 Å². The van der Waals surface area contributed by atoms with Crippen LogP contribution >= 0.6 is 0 Å². The van der Waals surface area contributed by atoms with Crippen LogP contribution < -0.4 is 10.1 Å². The standard InChI is InChI=1S/C15H23NO/c1-3-16-12(2)14-8-5-9-15(10-14)17-11-13-6-4-7-13/h5,8-10,12-13,16H,3-4,6-7,11H2,1-2H3. The highest BCUT2D eigenvalue weighted by atomic mass is 16.5. The summed E-state index contributed by atoms with van der Waals surface area (Å²) in [5, 5.41) is 3.42. The van der Waals surface area contributed by atoms with Crippen LogP contribution in [0.15, 0.2) is 24.3 Å². The Kier molecular flexibility index (Phi) is 4.43. The Bertz CT molecular complexity index is 347. The van der Waals surface area contributed by atoms with Crippen molar-refractivity contribution < 1.29 is 4.74 Å². The van der Waals surface area contributed by atoms with E-state index in [-0.39, 0.29) is 0 Å². The van der Waals surface area contributed by atoms with Crippen LogP contribution in [0.4, 0.5) is 0 Å². The normalized spacial score (nSPS) is 17.5. The Morgan fingerprint density at radius 1 is 1.41 bits per heavy atom. The quantitative estimate of drug-likeness (QED) is 0.811. The number of ether oxygens (including phenoxy) is 1. The van der Waals surface area contributed by atoms with Gasteiger partial charge in [-0.05, 0) is 49.9 Å². The van der Waals surface area contributed by atoms with Crippen LogP contribution in [-0.4, -0.2) is 13.2 Å². The molecule has 0 radical (unpaired) electrons. The Morgan fingerprint density at radius 3 is 2.88 bits per heavy atom. The second-order valence-electron chi connectivity index (χ2n) is 4.96. The van der Waals surface area contributed by atoms with E-state index < -0.39 is 0 Å². The first-order valence-corrected chi connectivity index (χ1v) is 6.75. The second kappa shape index (κ2) is 6.06. The summed E-state index contributed by atoms with van der Waals surface area (Å²) in [7, 11) is 0. The molecule has 2 heteroatoms. The highest BCUT2D eigenvalue weighted by Crippen LogP contribution is 2.27. The van der Waals surface area contributed by atoms with Crippen LogP contribution in [0.5, 0.6) is 5.75 Å². The maximum Gasteiger partial charge on any atom is 0.119 e. The molecule has 94 valence electrons. The molecule has 0 heterocycles. The molecule has 0 aliphatic heterocycles. The van der Waals surface area contributed by atoms with E-state index in [4.69, 9.17) is 4.74 Å². The fourth-order valence-corrected chi connectivity index (χ4v) is 2.17. The summed E-state index contributed by atoms with van der Waals surface area (Å²) in [5.41, 5.74) is 1.30. The minimum Gasteiger partial charge on any atom is -0.493 e. The third-order valence-electron chi connectivity index (χ3n) is 3.58. The van der Waals surface area contributed by atoms with Crippen LogP contribution in [-0.2, 0) is 0 Å². The van der Waals surface area contributed by atoms with E-state index in [2.05, 4.69) is 43.4 Å². The van der Waals surface area contributed by atoms with Gasteiger partial charge in [-0.25, -0.2) is 0 Å². The lowest BCUT2D eigenvalue weighted by molar-refractivity contribution is 0.180. The molecule has 1 atom stereocenters. The molecule has 2 nitrogen and oxygen atoms in total. The summed E-state index contributed by atoms with van der Waals surface area (Å²) < 4.78 is 5.85. The predicted octanol–water partition coefficient (Wildman–Crippen LogP) is 3.54. The second-order valence-corrected chi connectivity index (χ2v) is 4.96. The lowest BCUT2D eigenvalue weighted by Crippen LogP contribution is -2.20. The van der Waals surface area contributed by atoms with E-state index in [9.17, 15) is 0 Å². The molecule has 1 saturated carbocycles. The molecule has 1 aromatic rings. The van der Waals surface area contributed by atoms with Gasteiger partial charge >= 0.3 is 0 Å². The van der Waals surface area contributed by atoms with Crippen molar-refractivity contribution in [1.82, 2.24) is 5.32 Å². The summed E-state index contributed by atoms with van der Waals surface area (Å²) in [6.07, 6.45) is 4.06. The number of rotatable bonds is 6. The van der Waals surface area contributed by atoms with E-state index >= 15 is 0 Å². The van der Waals surface area contributed by atoms with Gasteiger partial charge in [0.05, 0.1) is 6.61 Å². The monoisotopic (exact) mass is 233 g/mol. The number of hydrogen-bond donors (Lipinski definition) is 1. The van der Waals surface area contributed by atoms with Crippen molar-refractivity contribution in [1.29, 1.82) is 0 Å². The maximum atomic E-state index is 5.85. The molecule has 0 bridgehead atoms. The molecule has 1 unspecified atom stereocenters. The number of hydrogen-bond acceptors (Lipinski definition) is 2. The number of benzene rings is 1. The Balaban J connectivity index is 1.90. The predicted molar refractivity (Wildman–Crippen MR) is 71.4 cm³/mol. The SMILES string of the molecule is CCNC(C)c1cccc(OCC2CCC2)c1. The van der Waals surface area contributed by atoms with Crippen molar-refractivity contribution in [3.63, 3.8) is 0 Å². The molecule has 2 rings (SSSR count). The summed E-state index contributed by atoms with van der Waals surface area (Å²) in [5.74, 6) is 1.81. The summed E-state index contributed by atoms with van der Waals surface area (Å²) in [6, 6.07) is 8.85. The van der Waals surface area contributed by atoms with Gasteiger partial charge < -0.3 is 10.1 Å². The van der Waals surface area contributed by atoms with Crippen molar-refractivity contribution in [2.24, 2.45) is 5.92 Å². The van der Waals surface area contributed by atoms with Crippen LogP contribution in [0.2, 0.25) is 0 Å². The molecule has 0 saturated heterocycles. The third kappa shape index (κ3) is 3.47. The van der Waals surface area contributed by atoms with E-state index in [1.165, 1.54) is 24.8 Å². The fourth-order valence-electron chi connectivity index (χ4n) is 2.17. The molecule has 1 aromatic carbocycles. The van der Waals surface area contributed by atoms with Gasteiger partial charge in [0.1, 0.15) is 5.75 Å². The first-order valence-electron chi connectivity index (χ1n) is 6.75. The Labute approximate surface area is 104 Å². The molecule has 0 spiro atoms. The fraction of sp³-hybridized carbons (Fsp3) is 0.600. The molecule has 1 aliphatic carbocycles. The summed E-state index contributed by atoms with van der Waals surface area (Å²) in [4.78, 5) is 0. The maximum absolute atomic E-state index is 5.85. The van der Waals surface area contributed by atoms with Gasteiger partial charge in [-0.15, -0.1) is 0 Å². The van der Waals surface area contributed by atoms with Gasteiger partial charge in [0.25, 0.3) is 0 Å². The highest BCUT2D eigenvalue weighted by molar-refractivity contribution is 5.30. The first-order chi connectivity index (χ1) is 8.29. The lowest BCUT2D eigenvalue weighted by Gasteiger charge is -2.25. The Hall–Kier alpha value is -1.02.